The Morgan fingerprint density at radius 3 is 2.53 bits per heavy atom. The lowest BCUT2D eigenvalue weighted by Gasteiger charge is -2.23. The Kier molecular flexibility index (Phi) is 4.97. The average Bonchev–Trinajstić information content (AvgIpc) is 2.74. The maximum atomic E-state index is 12.5. The lowest BCUT2D eigenvalue weighted by Crippen LogP contribution is -2.35. The van der Waals surface area contributed by atoms with Gasteiger partial charge in [-0.05, 0) is 19.4 Å². The molecule has 108 valence electrons. The second kappa shape index (κ2) is 6.08. The molecule has 19 heavy (non-hydrogen) atoms. The van der Waals surface area contributed by atoms with Gasteiger partial charge in [0.15, 0.2) is 5.69 Å². The van der Waals surface area contributed by atoms with Gasteiger partial charge in [-0.15, -0.1) is 0 Å². The standard InChI is InChI=1S/C10H12F3N3O.C2H6/c1-6-4-8(10(11,12)13)15-16(6)7-2-3-14-9(17)5-7;1-2/h4,7H,2-3,5H2,1H3,(H,14,17);1-2H3. The Labute approximate surface area is 110 Å². The SMILES string of the molecule is CC.Cc1cc(C(F)(F)F)nn1C1CCNC(=O)C1. The van der Waals surface area contributed by atoms with Crippen molar-refractivity contribution < 1.29 is 18.0 Å². The van der Waals surface area contributed by atoms with Crippen molar-refractivity contribution in [1.29, 1.82) is 0 Å². The van der Waals surface area contributed by atoms with Crippen LogP contribution in [-0.4, -0.2) is 22.2 Å². The third-order valence-corrected chi connectivity index (χ3v) is 2.78. The van der Waals surface area contributed by atoms with Crippen molar-refractivity contribution in [2.75, 3.05) is 6.54 Å². The number of aryl methyl sites for hydroxylation is 1. The molecule has 1 aromatic rings. The number of carbonyl (C=O) groups excluding carboxylic acids is 1. The fourth-order valence-corrected chi connectivity index (χ4v) is 1.97. The molecule has 1 N–H and O–H groups in total. The summed E-state index contributed by atoms with van der Waals surface area (Å²) in [6, 6.07) is 0.729. The second-order valence-electron chi connectivity index (χ2n) is 4.11. The molecule has 1 fully saturated rings. The Balaban J connectivity index is 0.000000861. The van der Waals surface area contributed by atoms with Crippen LogP contribution in [0.15, 0.2) is 6.07 Å². The highest BCUT2D eigenvalue weighted by atomic mass is 19.4. The maximum absolute atomic E-state index is 12.5. The van der Waals surface area contributed by atoms with Gasteiger partial charge in [0.2, 0.25) is 5.91 Å². The van der Waals surface area contributed by atoms with Crippen molar-refractivity contribution in [3.05, 3.63) is 17.5 Å². The zero-order chi connectivity index (χ0) is 14.6. The molecule has 0 bridgehead atoms. The summed E-state index contributed by atoms with van der Waals surface area (Å²) in [4.78, 5) is 11.2. The number of nitrogens with one attached hydrogen (secondary N) is 1. The first-order chi connectivity index (χ1) is 8.88. The summed E-state index contributed by atoms with van der Waals surface area (Å²) in [6.07, 6.45) is -3.65. The van der Waals surface area contributed by atoms with Gasteiger partial charge in [-0.1, -0.05) is 13.8 Å². The van der Waals surface area contributed by atoms with E-state index in [0.717, 1.165) is 6.07 Å². The molecule has 1 amide bonds. The highest BCUT2D eigenvalue weighted by Crippen LogP contribution is 2.30. The van der Waals surface area contributed by atoms with Gasteiger partial charge in [0, 0.05) is 18.7 Å². The number of alkyl halides is 3. The summed E-state index contributed by atoms with van der Waals surface area (Å²) in [5.74, 6) is -0.148. The van der Waals surface area contributed by atoms with E-state index < -0.39 is 11.9 Å². The molecule has 4 nitrogen and oxygen atoms in total. The second-order valence-corrected chi connectivity index (χ2v) is 4.11. The zero-order valence-electron chi connectivity index (χ0n) is 11.2. The molecule has 2 heterocycles. The Bertz CT molecular complexity index is 440. The third-order valence-electron chi connectivity index (χ3n) is 2.78. The number of aromatic nitrogens is 2. The average molecular weight is 277 g/mol. The van der Waals surface area contributed by atoms with Crippen molar-refractivity contribution in [2.24, 2.45) is 0 Å². The number of hydrogen-bond donors (Lipinski definition) is 1. The van der Waals surface area contributed by atoms with Gasteiger partial charge in [0.25, 0.3) is 0 Å². The number of rotatable bonds is 1. The van der Waals surface area contributed by atoms with E-state index >= 15 is 0 Å². The maximum Gasteiger partial charge on any atom is 0.435 e. The van der Waals surface area contributed by atoms with E-state index in [1.165, 1.54) is 4.68 Å². The molecule has 1 unspecified atom stereocenters. The minimum absolute atomic E-state index is 0.148. The predicted molar refractivity (Wildman–Crippen MR) is 64.6 cm³/mol. The largest absolute Gasteiger partial charge is 0.435 e. The van der Waals surface area contributed by atoms with Crippen LogP contribution in [0, 0.1) is 6.92 Å². The molecule has 1 aliphatic rings. The molecule has 0 radical (unpaired) electrons. The summed E-state index contributed by atoms with van der Waals surface area (Å²) in [6.45, 7) is 6.04. The summed E-state index contributed by atoms with van der Waals surface area (Å²) in [5.41, 5.74) is -0.474. The van der Waals surface area contributed by atoms with Gasteiger partial charge in [0.1, 0.15) is 0 Å². The van der Waals surface area contributed by atoms with E-state index in [4.69, 9.17) is 0 Å². The number of hydrogen-bond acceptors (Lipinski definition) is 2. The molecule has 0 saturated carbocycles. The van der Waals surface area contributed by atoms with Crippen LogP contribution in [0.5, 0.6) is 0 Å². The van der Waals surface area contributed by atoms with Gasteiger partial charge < -0.3 is 5.32 Å². The van der Waals surface area contributed by atoms with Crippen molar-refractivity contribution in [3.63, 3.8) is 0 Å². The number of piperidine rings is 1. The Hall–Kier alpha value is -1.53. The summed E-state index contributed by atoms with van der Waals surface area (Å²) in [5, 5.41) is 6.19. The number of amides is 1. The van der Waals surface area contributed by atoms with Crippen molar-refractivity contribution >= 4 is 5.91 Å². The molecule has 1 aliphatic heterocycles. The highest BCUT2D eigenvalue weighted by molar-refractivity contribution is 5.77. The van der Waals surface area contributed by atoms with Crippen LogP contribution in [0.2, 0.25) is 0 Å². The number of carbonyl (C=O) groups is 1. The van der Waals surface area contributed by atoms with Gasteiger partial charge in [-0.3, -0.25) is 9.48 Å². The highest BCUT2D eigenvalue weighted by Gasteiger charge is 2.35. The van der Waals surface area contributed by atoms with Crippen LogP contribution in [0.3, 0.4) is 0 Å². The molecular formula is C12H18F3N3O. The molecule has 0 aliphatic carbocycles. The number of halogens is 3. The topological polar surface area (TPSA) is 46.9 Å². The van der Waals surface area contributed by atoms with Gasteiger partial charge in [-0.2, -0.15) is 18.3 Å². The molecule has 1 saturated heterocycles. The van der Waals surface area contributed by atoms with E-state index in [9.17, 15) is 18.0 Å². The summed E-state index contributed by atoms with van der Waals surface area (Å²) in [7, 11) is 0. The van der Waals surface area contributed by atoms with Gasteiger partial charge >= 0.3 is 6.18 Å². The normalized spacial score (nSPS) is 19.5. The smallest absolute Gasteiger partial charge is 0.356 e. The first-order valence-electron chi connectivity index (χ1n) is 6.28. The molecule has 0 spiro atoms. The fourth-order valence-electron chi connectivity index (χ4n) is 1.97. The quantitative estimate of drug-likeness (QED) is 0.858. The van der Waals surface area contributed by atoms with Gasteiger partial charge in [0.05, 0.1) is 6.04 Å². The minimum atomic E-state index is -4.44. The van der Waals surface area contributed by atoms with E-state index in [2.05, 4.69) is 10.4 Å². The minimum Gasteiger partial charge on any atom is -0.356 e. The molecule has 0 aromatic carbocycles. The van der Waals surface area contributed by atoms with E-state index in [1.54, 1.807) is 6.92 Å². The van der Waals surface area contributed by atoms with E-state index in [1.807, 2.05) is 13.8 Å². The Morgan fingerprint density at radius 2 is 2.05 bits per heavy atom. The van der Waals surface area contributed by atoms with Gasteiger partial charge in [-0.25, -0.2) is 0 Å². The fraction of sp³-hybridized carbons (Fsp3) is 0.667. The van der Waals surface area contributed by atoms with Crippen LogP contribution < -0.4 is 5.32 Å². The molecule has 7 heteroatoms. The van der Waals surface area contributed by atoms with Crippen molar-refractivity contribution in [3.8, 4) is 0 Å². The zero-order valence-corrected chi connectivity index (χ0v) is 11.2. The molecule has 1 aromatic heterocycles. The van der Waals surface area contributed by atoms with E-state index in [-0.39, 0.29) is 18.4 Å². The lowest BCUT2D eigenvalue weighted by atomic mass is 10.1. The molecule has 1 atom stereocenters. The third kappa shape index (κ3) is 3.71. The lowest BCUT2D eigenvalue weighted by molar-refractivity contribution is -0.141. The van der Waals surface area contributed by atoms with Crippen LogP contribution in [0.4, 0.5) is 13.2 Å². The van der Waals surface area contributed by atoms with Crippen LogP contribution in [0.1, 0.15) is 44.1 Å². The van der Waals surface area contributed by atoms with Crippen molar-refractivity contribution in [2.45, 2.75) is 45.8 Å². The first kappa shape index (κ1) is 15.5. The van der Waals surface area contributed by atoms with Crippen molar-refractivity contribution in [1.82, 2.24) is 15.1 Å². The van der Waals surface area contributed by atoms with Crippen LogP contribution >= 0.6 is 0 Å². The van der Waals surface area contributed by atoms with Crippen LogP contribution in [-0.2, 0) is 11.0 Å². The number of nitrogens with zero attached hydrogens (tertiary/aromatic N) is 2. The summed E-state index contributed by atoms with van der Waals surface area (Å²) >= 11 is 0. The first-order valence-corrected chi connectivity index (χ1v) is 6.28. The van der Waals surface area contributed by atoms with E-state index in [0.29, 0.717) is 18.7 Å². The molecule has 2 rings (SSSR count). The monoisotopic (exact) mass is 277 g/mol. The van der Waals surface area contributed by atoms with Crippen LogP contribution in [0.25, 0.3) is 0 Å². The predicted octanol–water partition coefficient (Wildman–Crippen LogP) is 2.69. The summed E-state index contributed by atoms with van der Waals surface area (Å²) < 4.78 is 38.7. The Morgan fingerprint density at radius 1 is 1.42 bits per heavy atom. The molecular weight excluding hydrogens is 259 g/mol.